The third-order valence-corrected chi connectivity index (χ3v) is 3.91. The van der Waals surface area contributed by atoms with E-state index in [0.29, 0.717) is 30.7 Å². The van der Waals surface area contributed by atoms with E-state index in [1.165, 1.54) is 0 Å². The van der Waals surface area contributed by atoms with Crippen molar-refractivity contribution < 1.29 is 9.47 Å². The maximum absolute atomic E-state index is 5.53. The molecule has 2 atom stereocenters. The van der Waals surface area contributed by atoms with Gasteiger partial charge in [0, 0.05) is 45.4 Å². The average Bonchev–Trinajstić information content (AvgIpc) is 2.34. The molecule has 1 N–H and O–H groups in total. The fraction of sp³-hybridized carbons (Fsp3) is 1.00. The highest BCUT2D eigenvalue weighted by Crippen LogP contribution is 2.23. The number of hydrogen-bond acceptors (Lipinski definition) is 4. The van der Waals surface area contributed by atoms with Crippen LogP contribution in [0.2, 0.25) is 0 Å². The van der Waals surface area contributed by atoms with Gasteiger partial charge in [0.15, 0.2) is 0 Å². The van der Waals surface area contributed by atoms with Crippen molar-refractivity contribution in [3.05, 3.63) is 0 Å². The number of nitrogens with one attached hydrogen (secondary N) is 1. The molecular weight excluding hydrogens is 240 g/mol. The Hall–Kier alpha value is -0.160. The van der Waals surface area contributed by atoms with Gasteiger partial charge in [0.1, 0.15) is 0 Å². The zero-order chi connectivity index (χ0) is 14.3. The Kier molecular flexibility index (Phi) is 7.29. The molecule has 0 bridgehead atoms. The molecule has 0 aromatic heterocycles. The summed E-state index contributed by atoms with van der Waals surface area (Å²) in [6.45, 7) is 14.8. The number of piperazine rings is 1. The Bertz CT molecular complexity index is 241. The molecule has 1 aliphatic rings. The maximum Gasteiger partial charge on any atom is 0.0700 e. The zero-order valence-corrected chi connectivity index (χ0v) is 13.4. The lowest BCUT2D eigenvalue weighted by Gasteiger charge is -2.44. The quantitative estimate of drug-likeness (QED) is 0.716. The number of nitrogens with zero attached hydrogens (tertiary/aromatic N) is 1. The normalized spacial score (nSPS) is 25.7. The maximum atomic E-state index is 5.53. The Morgan fingerprint density at radius 3 is 2.58 bits per heavy atom. The van der Waals surface area contributed by atoms with Crippen molar-refractivity contribution in [2.24, 2.45) is 5.41 Å². The summed E-state index contributed by atoms with van der Waals surface area (Å²) in [6.07, 6.45) is 1.10. The predicted molar refractivity (Wildman–Crippen MR) is 79.6 cm³/mol. The lowest BCUT2D eigenvalue weighted by Crippen LogP contribution is -2.59. The fourth-order valence-corrected chi connectivity index (χ4v) is 2.43. The lowest BCUT2D eigenvalue weighted by molar-refractivity contribution is 0.0528. The monoisotopic (exact) mass is 272 g/mol. The first kappa shape index (κ1) is 16.9. The van der Waals surface area contributed by atoms with E-state index in [9.17, 15) is 0 Å². The Morgan fingerprint density at radius 1 is 1.21 bits per heavy atom. The molecule has 0 aliphatic carbocycles. The molecule has 1 heterocycles. The van der Waals surface area contributed by atoms with E-state index in [1.54, 1.807) is 7.11 Å². The van der Waals surface area contributed by atoms with E-state index in [2.05, 4.69) is 37.9 Å². The van der Waals surface area contributed by atoms with E-state index >= 15 is 0 Å². The molecule has 114 valence electrons. The summed E-state index contributed by atoms with van der Waals surface area (Å²) in [4.78, 5) is 2.59. The molecule has 4 heteroatoms. The standard InChI is InChI=1S/C15H32N2O2/c1-13-11-16-14(15(2,3)4)12-17(13)7-6-8-19-10-9-18-5/h13-14,16H,6-12H2,1-5H3. The van der Waals surface area contributed by atoms with Gasteiger partial charge in [0.25, 0.3) is 0 Å². The van der Waals surface area contributed by atoms with Crippen molar-refractivity contribution in [2.45, 2.75) is 46.2 Å². The van der Waals surface area contributed by atoms with Crippen molar-refractivity contribution in [1.29, 1.82) is 0 Å². The van der Waals surface area contributed by atoms with E-state index in [4.69, 9.17) is 9.47 Å². The Labute approximate surface area is 118 Å². The minimum absolute atomic E-state index is 0.327. The van der Waals surface area contributed by atoms with Gasteiger partial charge in [0.05, 0.1) is 13.2 Å². The molecule has 0 saturated carbocycles. The smallest absolute Gasteiger partial charge is 0.0700 e. The average molecular weight is 272 g/mol. The first-order chi connectivity index (χ1) is 8.95. The van der Waals surface area contributed by atoms with Crippen LogP contribution in [0.25, 0.3) is 0 Å². The van der Waals surface area contributed by atoms with Crippen LogP contribution in [-0.4, -0.2) is 63.5 Å². The van der Waals surface area contributed by atoms with Gasteiger partial charge in [-0.1, -0.05) is 20.8 Å². The minimum atomic E-state index is 0.327. The van der Waals surface area contributed by atoms with Crippen molar-refractivity contribution in [1.82, 2.24) is 10.2 Å². The largest absolute Gasteiger partial charge is 0.382 e. The minimum Gasteiger partial charge on any atom is -0.382 e. The second kappa shape index (κ2) is 8.20. The summed E-state index contributed by atoms with van der Waals surface area (Å²) in [6, 6.07) is 1.20. The summed E-state index contributed by atoms with van der Waals surface area (Å²) in [5, 5.41) is 3.67. The van der Waals surface area contributed by atoms with E-state index < -0.39 is 0 Å². The van der Waals surface area contributed by atoms with E-state index in [-0.39, 0.29) is 0 Å². The van der Waals surface area contributed by atoms with E-state index in [1.807, 2.05) is 0 Å². The van der Waals surface area contributed by atoms with Gasteiger partial charge in [-0.25, -0.2) is 0 Å². The highest BCUT2D eigenvalue weighted by Gasteiger charge is 2.31. The number of hydrogen-bond donors (Lipinski definition) is 1. The second-order valence-electron chi connectivity index (χ2n) is 6.63. The van der Waals surface area contributed by atoms with Gasteiger partial charge in [-0.2, -0.15) is 0 Å². The van der Waals surface area contributed by atoms with Crippen LogP contribution < -0.4 is 5.32 Å². The third kappa shape index (κ3) is 6.21. The number of methoxy groups -OCH3 is 1. The molecule has 1 aliphatic heterocycles. The van der Waals surface area contributed by atoms with Crippen molar-refractivity contribution in [3.8, 4) is 0 Å². The van der Waals surface area contributed by atoms with Gasteiger partial charge in [0.2, 0.25) is 0 Å². The van der Waals surface area contributed by atoms with Crippen LogP contribution in [-0.2, 0) is 9.47 Å². The van der Waals surface area contributed by atoms with Crippen molar-refractivity contribution in [3.63, 3.8) is 0 Å². The van der Waals surface area contributed by atoms with Gasteiger partial charge in [-0.3, -0.25) is 4.90 Å². The van der Waals surface area contributed by atoms with Crippen LogP contribution in [0.4, 0.5) is 0 Å². The van der Waals surface area contributed by atoms with Crippen molar-refractivity contribution >= 4 is 0 Å². The third-order valence-electron chi connectivity index (χ3n) is 3.91. The lowest BCUT2D eigenvalue weighted by atomic mass is 9.85. The SMILES string of the molecule is COCCOCCCN1CC(C(C)(C)C)NCC1C. The zero-order valence-electron chi connectivity index (χ0n) is 13.4. The summed E-state index contributed by atoms with van der Waals surface area (Å²) in [5.74, 6) is 0. The van der Waals surface area contributed by atoms with Gasteiger partial charge in [-0.15, -0.1) is 0 Å². The van der Waals surface area contributed by atoms with Gasteiger partial charge >= 0.3 is 0 Å². The molecule has 4 nitrogen and oxygen atoms in total. The van der Waals surface area contributed by atoms with Crippen LogP contribution >= 0.6 is 0 Å². The highest BCUT2D eigenvalue weighted by molar-refractivity contribution is 4.90. The molecule has 2 unspecified atom stereocenters. The summed E-state index contributed by atoms with van der Waals surface area (Å²) in [7, 11) is 1.71. The Morgan fingerprint density at radius 2 is 1.95 bits per heavy atom. The van der Waals surface area contributed by atoms with Crippen LogP contribution in [0.15, 0.2) is 0 Å². The molecule has 0 aromatic rings. The van der Waals surface area contributed by atoms with Crippen LogP contribution in [0.3, 0.4) is 0 Å². The molecule has 1 fully saturated rings. The molecule has 0 spiro atoms. The summed E-state index contributed by atoms with van der Waals surface area (Å²) >= 11 is 0. The van der Waals surface area contributed by atoms with Crippen LogP contribution in [0, 0.1) is 5.41 Å². The first-order valence-corrected chi connectivity index (χ1v) is 7.49. The van der Waals surface area contributed by atoms with Gasteiger partial charge < -0.3 is 14.8 Å². The predicted octanol–water partition coefficient (Wildman–Crippen LogP) is 1.75. The van der Waals surface area contributed by atoms with Crippen LogP contribution in [0.1, 0.15) is 34.1 Å². The Balaban J connectivity index is 2.23. The molecular formula is C15H32N2O2. The van der Waals surface area contributed by atoms with Gasteiger partial charge in [-0.05, 0) is 18.8 Å². The van der Waals surface area contributed by atoms with Crippen LogP contribution in [0.5, 0.6) is 0 Å². The molecule has 0 aromatic carbocycles. The molecule has 1 rings (SSSR count). The number of rotatable bonds is 7. The first-order valence-electron chi connectivity index (χ1n) is 7.49. The summed E-state index contributed by atoms with van der Waals surface area (Å²) < 4.78 is 10.5. The molecule has 19 heavy (non-hydrogen) atoms. The topological polar surface area (TPSA) is 33.7 Å². The van der Waals surface area contributed by atoms with Crippen molar-refractivity contribution in [2.75, 3.05) is 46.6 Å². The molecule has 0 amide bonds. The molecule has 1 saturated heterocycles. The molecule has 0 radical (unpaired) electrons. The van der Waals surface area contributed by atoms with E-state index in [0.717, 1.165) is 32.7 Å². The number of ether oxygens (including phenoxy) is 2. The highest BCUT2D eigenvalue weighted by atomic mass is 16.5. The fourth-order valence-electron chi connectivity index (χ4n) is 2.43. The summed E-state index contributed by atoms with van der Waals surface area (Å²) in [5.41, 5.74) is 0.327. The second-order valence-corrected chi connectivity index (χ2v) is 6.63.